The van der Waals surface area contributed by atoms with E-state index in [1.807, 2.05) is 13.8 Å². The third-order valence-corrected chi connectivity index (χ3v) is 1.68. The minimum Gasteiger partial charge on any atom is -0.353 e. The molecule has 0 rings (SSSR count). The average Bonchev–Trinajstić information content (AvgIpc) is 2.01. The molecule has 0 bridgehead atoms. The van der Waals surface area contributed by atoms with Gasteiger partial charge in [-0.3, -0.25) is 0 Å². The Morgan fingerprint density at radius 1 is 1.18 bits per heavy atom. The number of rotatable bonds is 7. The Labute approximate surface area is 72.7 Å². The van der Waals surface area contributed by atoms with E-state index in [1.165, 1.54) is 0 Å². The molecule has 0 saturated carbocycles. The quantitative estimate of drug-likeness (QED) is 0.431. The zero-order valence-corrected chi connectivity index (χ0v) is 8.43. The number of ether oxygens (including phenoxy) is 2. The normalized spacial score (nSPS) is 10.9. The van der Waals surface area contributed by atoms with Crippen LogP contribution in [0, 0.1) is 0 Å². The van der Waals surface area contributed by atoms with Crippen molar-refractivity contribution in [3.8, 4) is 0 Å². The molecule has 0 fully saturated rings. The minimum atomic E-state index is 0.00125. The van der Waals surface area contributed by atoms with Crippen LogP contribution in [0.25, 0.3) is 0 Å². The summed E-state index contributed by atoms with van der Waals surface area (Å²) in [7, 11) is 3.41. The molecule has 3 radical (unpaired) electrons. The molecule has 0 aliphatic rings. The first-order chi connectivity index (χ1) is 5.35. The molecule has 0 aromatic heterocycles. The highest BCUT2D eigenvalue weighted by Crippen LogP contribution is 2.05. The summed E-state index contributed by atoms with van der Waals surface area (Å²) in [6, 6.07) is 1.01. The number of hydrogen-bond donors (Lipinski definition) is 0. The second-order valence-corrected chi connectivity index (χ2v) is 2.73. The second kappa shape index (κ2) is 8.24. The Balaban J connectivity index is 3.34. The summed E-state index contributed by atoms with van der Waals surface area (Å²) >= 11 is 0. The lowest BCUT2D eigenvalue weighted by atomic mass is 10.3. The molecule has 0 saturated heterocycles. The molecule has 2 nitrogen and oxygen atoms in total. The lowest BCUT2D eigenvalue weighted by Gasteiger charge is -2.15. The molecule has 0 atom stereocenters. The van der Waals surface area contributed by atoms with Crippen LogP contribution in [0.1, 0.15) is 26.7 Å². The molecule has 3 heteroatoms. The fraction of sp³-hybridized carbons (Fsp3) is 1.00. The first-order valence-corrected chi connectivity index (χ1v) is 4.93. The largest absolute Gasteiger partial charge is 0.353 e. The van der Waals surface area contributed by atoms with E-state index in [-0.39, 0.29) is 6.29 Å². The highest BCUT2D eigenvalue weighted by Gasteiger charge is 2.05. The molecule has 0 N–H and O–H groups in total. The lowest BCUT2D eigenvalue weighted by Crippen LogP contribution is -2.16. The second-order valence-electron chi connectivity index (χ2n) is 2.23. The molecule has 0 aromatic carbocycles. The first-order valence-electron chi connectivity index (χ1n) is 4.22. The van der Waals surface area contributed by atoms with Gasteiger partial charge in [0.15, 0.2) is 6.29 Å². The van der Waals surface area contributed by atoms with E-state index in [0.29, 0.717) is 0 Å². The standard InChI is InChI=1S/C8H17O2Si/c1-3-9-8(10-4-2)6-5-7-11/h8H,3-7H2,1-2H3. The van der Waals surface area contributed by atoms with E-state index in [1.54, 1.807) is 0 Å². The van der Waals surface area contributed by atoms with Gasteiger partial charge in [-0.25, -0.2) is 0 Å². The maximum Gasteiger partial charge on any atom is 0.157 e. The van der Waals surface area contributed by atoms with Gasteiger partial charge >= 0.3 is 0 Å². The van der Waals surface area contributed by atoms with Crippen molar-refractivity contribution in [2.75, 3.05) is 13.2 Å². The summed E-state index contributed by atoms with van der Waals surface area (Å²) < 4.78 is 10.7. The van der Waals surface area contributed by atoms with Gasteiger partial charge < -0.3 is 9.47 Å². The van der Waals surface area contributed by atoms with E-state index in [2.05, 4.69) is 10.2 Å². The van der Waals surface area contributed by atoms with Crippen LogP contribution in [0.3, 0.4) is 0 Å². The fourth-order valence-electron chi connectivity index (χ4n) is 0.855. The summed E-state index contributed by atoms with van der Waals surface area (Å²) in [4.78, 5) is 0. The van der Waals surface area contributed by atoms with Gasteiger partial charge in [0, 0.05) is 23.5 Å². The lowest BCUT2D eigenvalue weighted by molar-refractivity contribution is -0.139. The molecule has 11 heavy (non-hydrogen) atoms. The summed E-state index contributed by atoms with van der Waals surface area (Å²) in [6.07, 6.45) is 2.08. The fourth-order valence-corrected chi connectivity index (χ4v) is 1.06. The maximum atomic E-state index is 5.34. The van der Waals surface area contributed by atoms with E-state index in [4.69, 9.17) is 9.47 Å². The third kappa shape index (κ3) is 6.53. The van der Waals surface area contributed by atoms with Crippen LogP contribution in [0.4, 0.5) is 0 Å². The van der Waals surface area contributed by atoms with Gasteiger partial charge in [0.1, 0.15) is 0 Å². The zero-order chi connectivity index (χ0) is 8.53. The van der Waals surface area contributed by atoms with Gasteiger partial charge in [0.05, 0.1) is 0 Å². The Hall–Kier alpha value is 0.137. The SMILES string of the molecule is CCOC(CCC[Si])OCC. The van der Waals surface area contributed by atoms with Crippen molar-refractivity contribution in [2.24, 2.45) is 0 Å². The van der Waals surface area contributed by atoms with Crippen LogP contribution in [0.15, 0.2) is 0 Å². The Morgan fingerprint density at radius 3 is 2.09 bits per heavy atom. The van der Waals surface area contributed by atoms with Crippen molar-refractivity contribution in [1.29, 1.82) is 0 Å². The van der Waals surface area contributed by atoms with Crippen LogP contribution >= 0.6 is 0 Å². The van der Waals surface area contributed by atoms with Crippen molar-refractivity contribution in [2.45, 2.75) is 39.0 Å². The van der Waals surface area contributed by atoms with E-state index >= 15 is 0 Å². The summed E-state index contributed by atoms with van der Waals surface area (Å²) in [5, 5.41) is 0. The van der Waals surface area contributed by atoms with Crippen molar-refractivity contribution < 1.29 is 9.47 Å². The molecule has 65 valence electrons. The van der Waals surface area contributed by atoms with E-state index in [0.717, 1.165) is 32.1 Å². The van der Waals surface area contributed by atoms with Gasteiger partial charge in [0.25, 0.3) is 0 Å². The highest BCUT2D eigenvalue weighted by molar-refractivity contribution is 6.08. The van der Waals surface area contributed by atoms with E-state index in [9.17, 15) is 0 Å². The van der Waals surface area contributed by atoms with Gasteiger partial charge in [-0.15, -0.1) is 0 Å². The molecule has 0 aliphatic heterocycles. The van der Waals surface area contributed by atoms with Gasteiger partial charge in [0.2, 0.25) is 0 Å². The Bertz CT molecular complexity index is 72.5. The van der Waals surface area contributed by atoms with Crippen LogP contribution in [0.2, 0.25) is 6.04 Å². The average molecular weight is 173 g/mol. The van der Waals surface area contributed by atoms with Gasteiger partial charge in [-0.2, -0.15) is 0 Å². The van der Waals surface area contributed by atoms with Crippen LogP contribution in [0.5, 0.6) is 0 Å². The molecule has 0 spiro atoms. The van der Waals surface area contributed by atoms with Crippen LogP contribution in [-0.2, 0) is 9.47 Å². The molecule has 0 heterocycles. The van der Waals surface area contributed by atoms with E-state index < -0.39 is 0 Å². The summed E-state index contributed by atoms with van der Waals surface area (Å²) in [5.41, 5.74) is 0. The molecule has 0 amide bonds. The predicted molar refractivity (Wildman–Crippen MR) is 46.8 cm³/mol. The van der Waals surface area contributed by atoms with Crippen molar-refractivity contribution in [3.63, 3.8) is 0 Å². The van der Waals surface area contributed by atoms with Gasteiger partial charge in [-0.05, 0) is 20.3 Å². The molecule has 0 aromatic rings. The Kier molecular flexibility index (Phi) is 8.34. The van der Waals surface area contributed by atoms with Crippen molar-refractivity contribution >= 4 is 10.2 Å². The smallest absolute Gasteiger partial charge is 0.157 e. The van der Waals surface area contributed by atoms with Crippen LogP contribution < -0.4 is 0 Å². The monoisotopic (exact) mass is 173 g/mol. The Morgan fingerprint density at radius 2 is 1.73 bits per heavy atom. The van der Waals surface area contributed by atoms with Crippen molar-refractivity contribution in [3.05, 3.63) is 0 Å². The highest BCUT2D eigenvalue weighted by atomic mass is 28.1. The summed E-state index contributed by atoms with van der Waals surface area (Å²) in [6.45, 7) is 5.43. The molecule has 0 unspecified atom stereocenters. The number of hydrogen-bond acceptors (Lipinski definition) is 2. The first kappa shape index (κ1) is 11.1. The molecule has 0 aliphatic carbocycles. The molecular formula is C8H17O2Si. The minimum absolute atomic E-state index is 0.00125. The predicted octanol–water partition coefficient (Wildman–Crippen LogP) is 1.75. The maximum absolute atomic E-state index is 5.34. The van der Waals surface area contributed by atoms with Crippen molar-refractivity contribution in [1.82, 2.24) is 0 Å². The van der Waals surface area contributed by atoms with Gasteiger partial charge in [-0.1, -0.05) is 12.5 Å². The third-order valence-electron chi connectivity index (χ3n) is 1.32. The van der Waals surface area contributed by atoms with Crippen LogP contribution in [-0.4, -0.2) is 29.7 Å². The molecular weight excluding hydrogens is 156 g/mol. The zero-order valence-electron chi connectivity index (χ0n) is 7.43. The topological polar surface area (TPSA) is 18.5 Å². The summed E-state index contributed by atoms with van der Waals surface area (Å²) in [5.74, 6) is 0.